The molecular weight excluding hydrogens is 230 g/mol. The van der Waals surface area contributed by atoms with Crippen molar-refractivity contribution in [2.45, 2.75) is 19.4 Å². The fraction of sp³-hybridized carbons (Fsp3) is 0.571. The van der Waals surface area contributed by atoms with Gasteiger partial charge in [-0.3, -0.25) is 0 Å². The van der Waals surface area contributed by atoms with Gasteiger partial charge in [0.15, 0.2) is 0 Å². The highest BCUT2D eigenvalue weighted by Gasteiger charge is 2.04. The minimum absolute atomic E-state index is 0.148. The molecule has 0 radical (unpaired) electrons. The van der Waals surface area contributed by atoms with Crippen molar-refractivity contribution in [2.24, 2.45) is 0 Å². The Hall–Kier alpha value is -1.10. The van der Waals surface area contributed by atoms with Crippen LogP contribution in [-0.2, 0) is 11.2 Å². The lowest BCUT2D eigenvalue weighted by atomic mass is 10.1. The summed E-state index contributed by atoms with van der Waals surface area (Å²) in [5.41, 5.74) is 1.09. The molecule has 0 aliphatic carbocycles. The number of aliphatic hydroxyl groups excluding tert-OH is 1. The van der Waals surface area contributed by atoms with E-state index >= 15 is 0 Å². The predicted molar refractivity (Wildman–Crippen MR) is 72.1 cm³/mol. The van der Waals surface area contributed by atoms with Crippen molar-refractivity contribution < 1.29 is 17.3 Å². The van der Waals surface area contributed by atoms with Gasteiger partial charge >= 0.3 is 0 Å². The lowest BCUT2D eigenvalue weighted by Crippen LogP contribution is -2.31. The van der Waals surface area contributed by atoms with Gasteiger partial charge in [-0.05, 0) is 30.7 Å². The van der Waals surface area contributed by atoms with Crippen LogP contribution in [0.1, 0.15) is 15.2 Å². The van der Waals surface area contributed by atoms with Crippen LogP contribution in [0.5, 0.6) is 5.75 Å². The standard InChI is InChI=1S/C14H23NO3/c1-3-15-10-13(16)11-18-14-6-4-12(5-7-14)8-9-17-2/h4-7,13,15-16H,3,8-11H2,1-2H3/t13-/m0/s1/i11D2. The second-order valence-electron chi connectivity index (χ2n) is 3.93. The van der Waals surface area contributed by atoms with Crippen molar-refractivity contribution in [3.8, 4) is 5.75 Å². The Bertz CT molecular complexity index is 385. The van der Waals surface area contributed by atoms with E-state index in [1.54, 1.807) is 19.2 Å². The van der Waals surface area contributed by atoms with E-state index in [0.29, 0.717) is 18.9 Å². The lowest BCUT2D eigenvalue weighted by Gasteiger charge is -2.12. The summed E-state index contributed by atoms with van der Waals surface area (Å²) in [5, 5.41) is 12.6. The molecule has 0 aliphatic rings. The van der Waals surface area contributed by atoms with E-state index in [0.717, 1.165) is 12.0 Å². The molecule has 18 heavy (non-hydrogen) atoms. The highest BCUT2D eigenvalue weighted by molar-refractivity contribution is 5.27. The molecule has 0 fully saturated rings. The first kappa shape index (κ1) is 12.0. The fourth-order valence-corrected chi connectivity index (χ4v) is 1.40. The summed E-state index contributed by atoms with van der Waals surface area (Å²) in [6, 6.07) is 7.12. The van der Waals surface area contributed by atoms with Gasteiger partial charge in [-0.15, -0.1) is 0 Å². The van der Waals surface area contributed by atoms with E-state index in [2.05, 4.69) is 5.32 Å². The number of methoxy groups -OCH3 is 1. The molecule has 4 heteroatoms. The Morgan fingerprint density at radius 3 is 2.72 bits per heavy atom. The van der Waals surface area contributed by atoms with Gasteiger partial charge in [0.05, 0.1) is 9.35 Å². The number of ether oxygens (including phenoxy) is 2. The van der Waals surface area contributed by atoms with Gasteiger partial charge in [0, 0.05) is 13.7 Å². The van der Waals surface area contributed by atoms with Crippen LogP contribution in [0.15, 0.2) is 24.3 Å². The lowest BCUT2D eigenvalue weighted by molar-refractivity contribution is 0.107. The molecular formula is C14H23NO3. The third kappa shape index (κ3) is 6.00. The number of hydrogen-bond donors (Lipinski definition) is 2. The van der Waals surface area contributed by atoms with Gasteiger partial charge in [-0.1, -0.05) is 19.1 Å². The number of nitrogens with one attached hydrogen (secondary N) is 1. The van der Waals surface area contributed by atoms with Crippen molar-refractivity contribution >= 4 is 0 Å². The molecule has 1 aromatic carbocycles. The molecule has 0 heterocycles. The quantitative estimate of drug-likeness (QED) is 0.697. The van der Waals surface area contributed by atoms with Crippen LogP contribution in [0.3, 0.4) is 0 Å². The molecule has 4 nitrogen and oxygen atoms in total. The van der Waals surface area contributed by atoms with Crippen molar-refractivity contribution in [1.29, 1.82) is 0 Å². The number of hydrogen-bond acceptors (Lipinski definition) is 4. The molecule has 1 atom stereocenters. The molecule has 0 spiro atoms. The van der Waals surface area contributed by atoms with Crippen molar-refractivity contribution in [3.05, 3.63) is 29.8 Å². The first-order valence-electron chi connectivity index (χ1n) is 7.15. The molecule has 0 aromatic heterocycles. The molecule has 1 aromatic rings. The Balaban J connectivity index is 2.57. The Labute approximate surface area is 112 Å². The van der Waals surface area contributed by atoms with E-state index < -0.39 is 12.7 Å². The zero-order valence-corrected chi connectivity index (χ0v) is 11.0. The second-order valence-corrected chi connectivity index (χ2v) is 3.93. The maximum Gasteiger partial charge on any atom is 0.119 e. The molecule has 0 aliphatic heterocycles. The average molecular weight is 255 g/mol. The third-order valence-electron chi connectivity index (χ3n) is 2.42. The average Bonchev–Trinajstić information content (AvgIpc) is 2.43. The molecule has 102 valence electrons. The van der Waals surface area contributed by atoms with E-state index in [-0.39, 0.29) is 6.54 Å². The summed E-state index contributed by atoms with van der Waals surface area (Å²) in [6.07, 6.45) is -0.428. The van der Waals surface area contributed by atoms with Gasteiger partial charge < -0.3 is 19.9 Å². The van der Waals surface area contributed by atoms with Gasteiger partial charge in [-0.25, -0.2) is 0 Å². The Morgan fingerprint density at radius 2 is 2.11 bits per heavy atom. The zero-order chi connectivity index (χ0) is 15.0. The topological polar surface area (TPSA) is 50.7 Å². The maximum absolute atomic E-state index is 9.76. The third-order valence-corrected chi connectivity index (χ3v) is 2.42. The summed E-state index contributed by atoms with van der Waals surface area (Å²) in [5.74, 6) is 0.395. The molecule has 0 saturated carbocycles. The number of benzene rings is 1. The zero-order valence-electron chi connectivity index (χ0n) is 13.0. The molecule has 1 rings (SSSR count). The molecule has 0 saturated heterocycles. The van der Waals surface area contributed by atoms with Crippen LogP contribution in [0.2, 0.25) is 0 Å². The van der Waals surface area contributed by atoms with Crippen LogP contribution in [0, 0.1) is 0 Å². The highest BCUT2D eigenvalue weighted by Crippen LogP contribution is 2.12. The van der Waals surface area contributed by atoms with Gasteiger partial charge in [0.1, 0.15) is 18.4 Å². The van der Waals surface area contributed by atoms with Crippen molar-refractivity contribution in [3.63, 3.8) is 0 Å². The normalized spacial score (nSPS) is 14.8. The molecule has 0 unspecified atom stereocenters. The van der Waals surface area contributed by atoms with Crippen LogP contribution >= 0.6 is 0 Å². The molecule has 0 amide bonds. The van der Waals surface area contributed by atoms with Crippen LogP contribution < -0.4 is 10.1 Å². The highest BCUT2D eigenvalue weighted by atomic mass is 16.5. The number of rotatable bonds is 9. The number of likely N-dealkylation sites (N-methyl/N-ethyl adjacent to an activating group) is 1. The van der Waals surface area contributed by atoms with E-state index in [9.17, 15) is 5.11 Å². The minimum atomic E-state index is -2.13. The van der Waals surface area contributed by atoms with Crippen LogP contribution in [-0.4, -0.2) is 44.6 Å². The monoisotopic (exact) mass is 255 g/mol. The van der Waals surface area contributed by atoms with Crippen LogP contribution in [0.25, 0.3) is 0 Å². The Morgan fingerprint density at radius 1 is 1.39 bits per heavy atom. The predicted octanol–water partition coefficient (Wildman–Crippen LogP) is 1.22. The Kier molecular flexibility index (Phi) is 5.92. The summed E-state index contributed by atoms with van der Waals surface area (Å²) >= 11 is 0. The smallest absolute Gasteiger partial charge is 0.119 e. The fourth-order valence-electron chi connectivity index (χ4n) is 1.40. The summed E-state index contributed by atoms with van der Waals surface area (Å²) < 4.78 is 25.7. The van der Waals surface area contributed by atoms with Crippen molar-refractivity contribution in [2.75, 3.05) is 33.4 Å². The van der Waals surface area contributed by atoms with Gasteiger partial charge in [0.25, 0.3) is 0 Å². The van der Waals surface area contributed by atoms with Gasteiger partial charge in [0.2, 0.25) is 0 Å². The largest absolute Gasteiger partial charge is 0.491 e. The minimum Gasteiger partial charge on any atom is -0.491 e. The molecule has 0 bridgehead atoms. The number of aliphatic hydroxyl groups is 1. The first-order chi connectivity index (χ1) is 9.49. The second kappa shape index (κ2) is 8.91. The van der Waals surface area contributed by atoms with E-state index in [4.69, 9.17) is 12.2 Å². The van der Waals surface area contributed by atoms with E-state index in [1.807, 2.05) is 19.1 Å². The summed E-state index contributed by atoms with van der Waals surface area (Å²) in [7, 11) is 1.65. The van der Waals surface area contributed by atoms with Gasteiger partial charge in [-0.2, -0.15) is 0 Å². The SMILES string of the molecule is [2H]C([2H])(Oc1ccc(CCOC)cc1)[C@@H](O)CNCC. The molecule has 2 N–H and O–H groups in total. The summed E-state index contributed by atoms with van der Waals surface area (Å²) in [6.45, 7) is 1.22. The van der Waals surface area contributed by atoms with Crippen molar-refractivity contribution in [1.82, 2.24) is 5.32 Å². The maximum atomic E-state index is 9.76. The summed E-state index contributed by atoms with van der Waals surface area (Å²) in [4.78, 5) is 0. The first-order valence-corrected chi connectivity index (χ1v) is 6.15. The van der Waals surface area contributed by atoms with E-state index in [1.165, 1.54) is 0 Å². The van der Waals surface area contributed by atoms with Crippen LogP contribution in [0.4, 0.5) is 0 Å².